The van der Waals surface area contributed by atoms with Crippen molar-refractivity contribution in [3.05, 3.63) is 29.8 Å². The number of thioether (sulfide) groups is 1. The molecule has 0 atom stereocenters. The predicted octanol–water partition coefficient (Wildman–Crippen LogP) is 2.73. The van der Waals surface area contributed by atoms with Gasteiger partial charge in [-0.3, -0.25) is 4.79 Å². The van der Waals surface area contributed by atoms with Crippen LogP contribution in [-0.2, 0) is 4.79 Å². The molecular formula is C14H17N3OS2. The van der Waals surface area contributed by atoms with Crippen LogP contribution in [0.3, 0.4) is 0 Å². The highest BCUT2D eigenvalue weighted by molar-refractivity contribution is 8.24. The molecule has 1 aliphatic rings. The lowest BCUT2D eigenvalue weighted by Crippen LogP contribution is -2.32. The monoisotopic (exact) mass is 307 g/mol. The van der Waals surface area contributed by atoms with E-state index in [-0.39, 0.29) is 5.91 Å². The Labute approximate surface area is 128 Å². The fraction of sp³-hybridized carbons (Fsp3) is 0.357. The second-order valence-corrected chi connectivity index (χ2v) is 7.48. The molecule has 0 radical (unpaired) electrons. The summed E-state index contributed by atoms with van der Waals surface area (Å²) >= 11 is 6.55. The van der Waals surface area contributed by atoms with Gasteiger partial charge in [-0.05, 0) is 31.5 Å². The lowest BCUT2D eigenvalue weighted by molar-refractivity contribution is -0.128. The maximum absolute atomic E-state index is 12.1. The van der Waals surface area contributed by atoms with E-state index < -0.39 is 4.75 Å². The zero-order valence-corrected chi connectivity index (χ0v) is 13.6. The number of hydrogen-bond donors (Lipinski definition) is 0. The molecule has 1 amide bonds. The van der Waals surface area contributed by atoms with Gasteiger partial charge in [-0.1, -0.05) is 36.1 Å². The van der Waals surface area contributed by atoms with Gasteiger partial charge >= 0.3 is 0 Å². The summed E-state index contributed by atoms with van der Waals surface area (Å²) < 4.78 is -0.0235. The van der Waals surface area contributed by atoms with Crippen LogP contribution >= 0.6 is 24.0 Å². The van der Waals surface area contributed by atoms with Gasteiger partial charge in [0, 0.05) is 19.8 Å². The molecule has 0 N–H and O–H groups in total. The highest BCUT2D eigenvalue weighted by atomic mass is 32.2. The molecule has 0 aliphatic carbocycles. The number of hydrogen-bond acceptors (Lipinski definition) is 5. The van der Waals surface area contributed by atoms with Gasteiger partial charge < -0.3 is 4.90 Å². The van der Waals surface area contributed by atoms with Crippen LogP contribution < -0.4 is 4.90 Å². The standard InChI is InChI=1S/C14H17N3OS2/c1-14(2)12(18)17(13(19)20-14)15-9-10-5-7-11(8-6-10)16(3)4/h5-9H,1-4H3. The van der Waals surface area contributed by atoms with Crippen LogP contribution in [0.2, 0.25) is 0 Å². The first-order valence-electron chi connectivity index (χ1n) is 6.20. The van der Waals surface area contributed by atoms with Gasteiger partial charge in [-0.15, -0.1) is 0 Å². The van der Waals surface area contributed by atoms with Crippen molar-refractivity contribution in [3.8, 4) is 0 Å². The largest absolute Gasteiger partial charge is 0.378 e. The summed E-state index contributed by atoms with van der Waals surface area (Å²) in [7, 11) is 3.98. The molecule has 1 heterocycles. The minimum absolute atomic E-state index is 0.0753. The van der Waals surface area contributed by atoms with Gasteiger partial charge in [0.15, 0.2) is 4.32 Å². The van der Waals surface area contributed by atoms with E-state index in [1.54, 1.807) is 6.21 Å². The Morgan fingerprint density at radius 2 is 1.90 bits per heavy atom. The van der Waals surface area contributed by atoms with Gasteiger partial charge in [-0.2, -0.15) is 10.1 Å². The second-order valence-electron chi connectivity index (χ2n) is 5.23. The molecule has 20 heavy (non-hydrogen) atoms. The molecule has 0 saturated carbocycles. The zero-order chi connectivity index (χ0) is 14.9. The summed E-state index contributed by atoms with van der Waals surface area (Å²) in [5.41, 5.74) is 2.05. The van der Waals surface area contributed by atoms with Crippen molar-refractivity contribution in [2.75, 3.05) is 19.0 Å². The highest BCUT2D eigenvalue weighted by Gasteiger charge is 2.43. The fourth-order valence-electron chi connectivity index (χ4n) is 1.73. The van der Waals surface area contributed by atoms with Crippen LogP contribution in [0.25, 0.3) is 0 Å². The third kappa shape index (κ3) is 3.02. The number of rotatable bonds is 3. The summed E-state index contributed by atoms with van der Waals surface area (Å²) in [5, 5.41) is 5.51. The number of carbonyl (C=O) groups is 1. The SMILES string of the molecule is CN(C)c1ccc(C=NN2C(=O)C(C)(C)SC2=S)cc1. The van der Waals surface area contributed by atoms with Crippen LogP contribution in [0.15, 0.2) is 29.4 Å². The Bertz CT molecular complexity index is 564. The second kappa shape index (κ2) is 5.54. The average molecular weight is 307 g/mol. The van der Waals surface area contributed by atoms with Crippen molar-refractivity contribution in [1.82, 2.24) is 5.01 Å². The van der Waals surface area contributed by atoms with Crippen molar-refractivity contribution in [2.45, 2.75) is 18.6 Å². The van der Waals surface area contributed by atoms with Gasteiger partial charge in [0.25, 0.3) is 5.91 Å². The van der Waals surface area contributed by atoms with Crippen molar-refractivity contribution >= 4 is 46.1 Å². The third-order valence-corrected chi connectivity index (χ3v) is 4.41. The van der Waals surface area contributed by atoms with Crippen LogP contribution in [-0.4, -0.2) is 40.3 Å². The van der Waals surface area contributed by atoms with Crippen LogP contribution in [0.4, 0.5) is 5.69 Å². The van der Waals surface area contributed by atoms with E-state index in [0.29, 0.717) is 4.32 Å². The lowest BCUT2D eigenvalue weighted by atomic mass is 10.2. The molecule has 2 rings (SSSR count). The summed E-state index contributed by atoms with van der Waals surface area (Å²) in [5.74, 6) is -0.0753. The van der Waals surface area contributed by atoms with Crippen molar-refractivity contribution < 1.29 is 4.79 Å². The molecule has 4 nitrogen and oxygen atoms in total. The molecule has 0 unspecified atom stereocenters. The topological polar surface area (TPSA) is 35.9 Å². The Kier molecular flexibility index (Phi) is 4.15. The van der Waals surface area contributed by atoms with Gasteiger partial charge in [-0.25, -0.2) is 0 Å². The Balaban J connectivity index is 2.14. The number of thiocarbonyl (C=S) groups is 1. The van der Waals surface area contributed by atoms with Crippen LogP contribution in [0.1, 0.15) is 19.4 Å². The number of carbonyl (C=O) groups excluding carboxylic acids is 1. The quantitative estimate of drug-likeness (QED) is 0.635. The molecule has 1 aromatic rings. The third-order valence-electron chi connectivity index (χ3n) is 2.95. The van der Waals surface area contributed by atoms with E-state index in [9.17, 15) is 4.79 Å². The molecule has 1 fully saturated rings. The predicted molar refractivity (Wildman–Crippen MR) is 89.5 cm³/mol. The number of benzene rings is 1. The summed E-state index contributed by atoms with van der Waals surface area (Å²) in [6, 6.07) is 7.93. The molecule has 0 spiro atoms. The molecule has 0 bridgehead atoms. The maximum atomic E-state index is 12.1. The van der Waals surface area contributed by atoms with E-state index in [1.807, 2.05) is 57.1 Å². The van der Waals surface area contributed by atoms with Gasteiger partial charge in [0.2, 0.25) is 0 Å². The molecule has 1 aliphatic heterocycles. The van der Waals surface area contributed by atoms with Gasteiger partial charge in [0.05, 0.1) is 11.0 Å². The van der Waals surface area contributed by atoms with E-state index in [0.717, 1.165) is 11.3 Å². The number of nitrogens with zero attached hydrogens (tertiary/aromatic N) is 3. The summed E-state index contributed by atoms with van der Waals surface area (Å²) in [4.78, 5) is 14.1. The molecule has 6 heteroatoms. The van der Waals surface area contributed by atoms with Gasteiger partial charge in [0.1, 0.15) is 0 Å². The summed E-state index contributed by atoms with van der Waals surface area (Å²) in [6.07, 6.45) is 1.66. The van der Waals surface area contributed by atoms with E-state index >= 15 is 0 Å². The first-order valence-corrected chi connectivity index (χ1v) is 7.42. The smallest absolute Gasteiger partial charge is 0.264 e. The minimum Gasteiger partial charge on any atom is -0.378 e. The first-order chi connectivity index (χ1) is 9.31. The van der Waals surface area contributed by atoms with Crippen LogP contribution in [0.5, 0.6) is 0 Å². The Morgan fingerprint density at radius 1 is 1.30 bits per heavy atom. The minimum atomic E-state index is -0.525. The van der Waals surface area contributed by atoms with E-state index in [4.69, 9.17) is 12.2 Å². The molecule has 1 saturated heterocycles. The molecule has 0 aromatic heterocycles. The van der Waals surface area contributed by atoms with Crippen molar-refractivity contribution in [1.29, 1.82) is 0 Å². The molecule has 106 valence electrons. The number of hydrazone groups is 1. The van der Waals surface area contributed by atoms with Crippen LogP contribution in [0, 0.1) is 0 Å². The zero-order valence-electron chi connectivity index (χ0n) is 12.0. The maximum Gasteiger partial charge on any atom is 0.264 e. The first kappa shape index (κ1) is 15.0. The van der Waals surface area contributed by atoms with E-state index in [2.05, 4.69) is 5.10 Å². The van der Waals surface area contributed by atoms with Crippen molar-refractivity contribution in [3.63, 3.8) is 0 Å². The Morgan fingerprint density at radius 3 is 2.35 bits per heavy atom. The number of anilines is 1. The molecular weight excluding hydrogens is 290 g/mol. The fourth-order valence-corrected chi connectivity index (χ4v) is 3.31. The lowest BCUT2D eigenvalue weighted by Gasteiger charge is -2.13. The summed E-state index contributed by atoms with van der Waals surface area (Å²) in [6.45, 7) is 3.71. The van der Waals surface area contributed by atoms with E-state index in [1.165, 1.54) is 16.8 Å². The highest BCUT2D eigenvalue weighted by Crippen LogP contribution is 2.36. The number of amides is 1. The normalized spacial score (nSPS) is 18.1. The Hall–Kier alpha value is -1.40. The molecule has 1 aromatic carbocycles. The van der Waals surface area contributed by atoms with Crippen molar-refractivity contribution in [2.24, 2.45) is 5.10 Å². The average Bonchev–Trinajstić information content (AvgIpc) is 2.57.